The van der Waals surface area contributed by atoms with Gasteiger partial charge in [-0.2, -0.15) is 13.2 Å². The van der Waals surface area contributed by atoms with Gasteiger partial charge in [-0.1, -0.05) is 0 Å². The zero-order valence-electron chi connectivity index (χ0n) is 10.6. The Bertz CT molecular complexity index is 608. The molecule has 0 saturated carbocycles. The number of nitrogens with two attached hydrogens (primary N) is 1. The van der Waals surface area contributed by atoms with Crippen LogP contribution in [0.2, 0.25) is 0 Å². The van der Waals surface area contributed by atoms with Crippen LogP contribution >= 0.6 is 0 Å². The van der Waals surface area contributed by atoms with Crippen LogP contribution in [0.4, 0.5) is 19.0 Å². The summed E-state index contributed by atoms with van der Waals surface area (Å²) in [6.07, 6.45) is -1.12. The minimum atomic E-state index is -4.24. The summed E-state index contributed by atoms with van der Waals surface area (Å²) in [6, 6.07) is 0.874. The number of H-pyrrole nitrogens is 1. The van der Waals surface area contributed by atoms with Crippen LogP contribution in [-0.4, -0.2) is 40.3 Å². The van der Waals surface area contributed by atoms with Gasteiger partial charge in [-0.25, -0.2) is 9.97 Å². The second-order valence-electron chi connectivity index (χ2n) is 4.98. The molecule has 1 saturated heterocycles. The number of halogens is 3. The number of anilines is 1. The van der Waals surface area contributed by atoms with Crippen LogP contribution in [0, 0.1) is 5.92 Å². The summed E-state index contributed by atoms with van der Waals surface area (Å²) < 4.78 is 38.4. The molecule has 1 fully saturated rings. The fraction of sp³-hybridized carbons (Fsp3) is 0.500. The molecule has 3 N–H and O–H groups in total. The van der Waals surface area contributed by atoms with Gasteiger partial charge in [0.05, 0.1) is 11.3 Å². The Labute approximate surface area is 113 Å². The first kappa shape index (κ1) is 13.2. The minimum Gasteiger partial charge on any atom is -0.354 e. The first-order valence-electron chi connectivity index (χ1n) is 6.32. The van der Waals surface area contributed by atoms with Gasteiger partial charge in [0.15, 0.2) is 0 Å². The lowest BCUT2D eigenvalue weighted by Crippen LogP contribution is -2.53. The van der Waals surface area contributed by atoms with E-state index in [1.54, 1.807) is 11.1 Å². The predicted octanol–water partition coefficient (Wildman–Crippen LogP) is 1.67. The van der Waals surface area contributed by atoms with E-state index in [9.17, 15) is 13.2 Å². The SMILES string of the molecule is N[C@@H]1CN(c2ncnc3[nH]ccc23)CC[C@H]1C(F)(F)F. The molecule has 2 aromatic rings. The highest BCUT2D eigenvalue weighted by atomic mass is 19.4. The first-order valence-corrected chi connectivity index (χ1v) is 6.32. The van der Waals surface area contributed by atoms with E-state index in [1.165, 1.54) is 6.33 Å². The normalized spacial score (nSPS) is 24.3. The Kier molecular flexibility index (Phi) is 3.04. The Morgan fingerprint density at radius 1 is 1.35 bits per heavy atom. The Balaban J connectivity index is 1.85. The van der Waals surface area contributed by atoms with E-state index in [4.69, 9.17) is 5.73 Å². The molecule has 3 heterocycles. The van der Waals surface area contributed by atoms with Crippen LogP contribution in [0.25, 0.3) is 11.0 Å². The number of aromatic nitrogens is 3. The molecule has 108 valence electrons. The highest BCUT2D eigenvalue weighted by Gasteiger charge is 2.45. The molecule has 1 aliphatic heterocycles. The molecule has 0 unspecified atom stereocenters. The molecule has 0 aliphatic carbocycles. The molecule has 3 rings (SSSR count). The third kappa shape index (κ3) is 2.20. The van der Waals surface area contributed by atoms with Gasteiger partial charge in [0.2, 0.25) is 0 Å². The fourth-order valence-electron chi connectivity index (χ4n) is 2.69. The molecule has 20 heavy (non-hydrogen) atoms. The highest BCUT2D eigenvalue weighted by molar-refractivity contribution is 5.87. The number of nitrogens with zero attached hydrogens (tertiary/aromatic N) is 3. The van der Waals surface area contributed by atoms with Crippen molar-refractivity contribution in [3.63, 3.8) is 0 Å². The molecule has 8 heteroatoms. The zero-order valence-corrected chi connectivity index (χ0v) is 10.6. The minimum absolute atomic E-state index is 0.0133. The lowest BCUT2D eigenvalue weighted by molar-refractivity contribution is -0.183. The van der Waals surface area contributed by atoms with Crippen LogP contribution < -0.4 is 10.6 Å². The van der Waals surface area contributed by atoms with Crippen molar-refractivity contribution in [3.8, 4) is 0 Å². The molecule has 2 aromatic heterocycles. The molecule has 0 bridgehead atoms. The summed E-state index contributed by atoms with van der Waals surface area (Å²) >= 11 is 0. The van der Waals surface area contributed by atoms with Gasteiger partial charge in [-0.05, 0) is 12.5 Å². The van der Waals surface area contributed by atoms with Crippen molar-refractivity contribution in [3.05, 3.63) is 18.6 Å². The Morgan fingerprint density at radius 3 is 2.85 bits per heavy atom. The summed E-state index contributed by atoms with van der Waals surface area (Å²) in [5.74, 6) is -0.811. The van der Waals surface area contributed by atoms with Crippen LogP contribution in [0.3, 0.4) is 0 Å². The molecule has 5 nitrogen and oxygen atoms in total. The van der Waals surface area contributed by atoms with Crippen molar-refractivity contribution in [2.24, 2.45) is 11.7 Å². The van der Waals surface area contributed by atoms with Crippen LogP contribution in [0.1, 0.15) is 6.42 Å². The summed E-state index contributed by atoms with van der Waals surface area (Å²) in [5.41, 5.74) is 6.37. The third-order valence-corrected chi connectivity index (χ3v) is 3.71. The summed E-state index contributed by atoms with van der Waals surface area (Å²) in [5, 5.41) is 0.796. The van der Waals surface area contributed by atoms with E-state index >= 15 is 0 Å². The number of piperidine rings is 1. The maximum atomic E-state index is 12.8. The molecule has 0 amide bonds. The molecular weight excluding hydrogens is 271 g/mol. The number of aromatic amines is 1. The van der Waals surface area contributed by atoms with Crippen molar-refractivity contribution >= 4 is 16.9 Å². The van der Waals surface area contributed by atoms with Crippen LogP contribution in [0.5, 0.6) is 0 Å². The maximum absolute atomic E-state index is 12.8. The molecular formula is C12H14F3N5. The van der Waals surface area contributed by atoms with Crippen LogP contribution in [-0.2, 0) is 0 Å². The van der Waals surface area contributed by atoms with E-state index in [0.29, 0.717) is 11.5 Å². The fourth-order valence-corrected chi connectivity index (χ4v) is 2.69. The van der Waals surface area contributed by atoms with E-state index < -0.39 is 18.1 Å². The number of alkyl halides is 3. The number of fused-ring (bicyclic) bond motifs is 1. The summed E-state index contributed by atoms with van der Waals surface area (Å²) in [6.45, 7) is 0.427. The van der Waals surface area contributed by atoms with Crippen molar-refractivity contribution in [2.75, 3.05) is 18.0 Å². The van der Waals surface area contributed by atoms with Gasteiger partial charge in [0.1, 0.15) is 17.8 Å². The van der Waals surface area contributed by atoms with Gasteiger partial charge in [0, 0.05) is 25.3 Å². The smallest absolute Gasteiger partial charge is 0.354 e. The first-order chi connectivity index (χ1) is 9.47. The molecule has 0 spiro atoms. The number of hydrogen-bond acceptors (Lipinski definition) is 4. The second-order valence-corrected chi connectivity index (χ2v) is 4.98. The Hall–Kier alpha value is -1.83. The van der Waals surface area contributed by atoms with E-state index in [0.717, 1.165) is 5.39 Å². The van der Waals surface area contributed by atoms with E-state index in [-0.39, 0.29) is 19.5 Å². The number of hydrogen-bond donors (Lipinski definition) is 2. The quantitative estimate of drug-likeness (QED) is 0.836. The van der Waals surface area contributed by atoms with Gasteiger partial charge >= 0.3 is 6.18 Å². The van der Waals surface area contributed by atoms with Crippen LogP contribution in [0.15, 0.2) is 18.6 Å². The monoisotopic (exact) mass is 285 g/mol. The van der Waals surface area contributed by atoms with Gasteiger partial charge in [0.25, 0.3) is 0 Å². The van der Waals surface area contributed by atoms with Crippen molar-refractivity contribution in [1.29, 1.82) is 0 Å². The highest BCUT2D eigenvalue weighted by Crippen LogP contribution is 2.35. The van der Waals surface area contributed by atoms with Crippen molar-refractivity contribution < 1.29 is 13.2 Å². The van der Waals surface area contributed by atoms with Crippen molar-refractivity contribution in [2.45, 2.75) is 18.6 Å². The second kappa shape index (κ2) is 4.62. The third-order valence-electron chi connectivity index (χ3n) is 3.71. The number of nitrogens with one attached hydrogen (secondary N) is 1. The molecule has 0 radical (unpaired) electrons. The maximum Gasteiger partial charge on any atom is 0.393 e. The molecule has 0 aromatic carbocycles. The van der Waals surface area contributed by atoms with Crippen molar-refractivity contribution in [1.82, 2.24) is 15.0 Å². The average Bonchev–Trinajstić information content (AvgIpc) is 2.85. The standard InChI is InChI=1S/C12H14F3N5/c13-12(14,15)8-2-4-20(5-9(8)16)11-7-1-3-17-10(7)18-6-19-11/h1,3,6,8-9H,2,4-5,16H2,(H,17,18,19)/t8-,9-/m1/s1. The number of rotatable bonds is 1. The van der Waals surface area contributed by atoms with Gasteiger partial charge in [-0.3, -0.25) is 0 Å². The van der Waals surface area contributed by atoms with Gasteiger partial charge < -0.3 is 15.6 Å². The van der Waals surface area contributed by atoms with Gasteiger partial charge in [-0.15, -0.1) is 0 Å². The lowest BCUT2D eigenvalue weighted by Gasteiger charge is -2.38. The van der Waals surface area contributed by atoms with E-state index in [2.05, 4.69) is 15.0 Å². The zero-order chi connectivity index (χ0) is 14.3. The predicted molar refractivity (Wildman–Crippen MR) is 68.2 cm³/mol. The average molecular weight is 285 g/mol. The molecule has 2 atom stereocenters. The summed E-state index contributed by atoms with van der Waals surface area (Å²) in [4.78, 5) is 13.0. The lowest BCUT2D eigenvalue weighted by atomic mass is 9.91. The Morgan fingerprint density at radius 2 is 2.15 bits per heavy atom. The summed E-state index contributed by atoms with van der Waals surface area (Å²) in [7, 11) is 0. The largest absolute Gasteiger partial charge is 0.393 e. The topological polar surface area (TPSA) is 70.8 Å². The molecule has 1 aliphatic rings. The van der Waals surface area contributed by atoms with E-state index in [1.807, 2.05) is 6.07 Å².